The second-order valence-corrected chi connectivity index (χ2v) is 5.07. The van der Waals surface area contributed by atoms with E-state index in [1.165, 1.54) is 19.2 Å². The molecule has 1 aliphatic carbocycles. The molecule has 0 amide bonds. The van der Waals surface area contributed by atoms with E-state index in [-0.39, 0.29) is 5.82 Å². The summed E-state index contributed by atoms with van der Waals surface area (Å²) in [6, 6.07) is 5.90. The number of nitrogens with zero attached hydrogens (tertiary/aromatic N) is 2. The molecular weight excluding hydrogens is 281 g/mol. The summed E-state index contributed by atoms with van der Waals surface area (Å²) in [5.74, 6) is 1.79. The number of nitrogens with one attached hydrogen (secondary N) is 1. The molecule has 1 aromatic heterocycles. The van der Waals surface area contributed by atoms with E-state index in [0.717, 1.165) is 18.7 Å². The molecule has 4 nitrogen and oxygen atoms in total. The first-order chi connectivity index (χ1) is 9.65. The molecule has 0 atom stereocenters. The summed E-state index contributed by atoms with van der Waals surface area (Å²) in [5.41, 5.74) is 0.630. The van der Waals surface area contributed by atoms with Gasteiger partial charge < -0.3 is 10.1 Å². The van der Waals surface area contributed by atoms with Crippen LogP contribution < -0.4 is 10.1 Å². The second kappa shape index (κ2) is 5.25. The number of ether oxygens (including phenoxy) is 1. The molecule has 1 N–H and O–H groups in total. The van der Waals surface area contributed by atoms with Gasteiger partial charge in [0.05, 0.1) is 12.8 Å². The molecule has 0 spiro atoms. The summed E-state index contributed by atoms with van der Waals surface area (Å²) < 4.78 is 18.3. The van der Waals surface area contributed by atoms with Crippen molar-refractivity contribution in [3.63, 3.8) is 0 Å². The smallest absolute Gasteiger partial charge is 0.145 e. The van der Waals surface area contributed by atoms with Crippen molar-refractivity contribution in [2.24, 2.45) is 0 Å². The maximum atomic E-state index is 13.2. The molecule has 3 rings (SSSR count). The van der Waals surface area contributed by atoms with Crippen LogP contribution in [0.25, 0.3) is 0 Å². The highest BCUT2D eigenvalue weighted by molar-refractivity contribution is 6.29. The minimum atomic E-state index is -0.355. The fraction of sp³-hybridized carbons (Fsp3) is 0.286. The fourth-order valence-electron chi connectivity index (χ4n) is 1.93. The quantitative estimate of drug-likeness (QED) is 0.869. The first-order valence-electron chi connectivity index (χ1n) is 6.31. The summed E-state index contributed by atoms with van der Waals surface area (Å²) in [6.45, 7) is 0. The van der Waals surface area contributed by atoms with E-state index in [1.54, 1.807) is 12.1 Å². The highest BCUT2D eigenvalue weighted by atomic mass is 35.5. The fourth-order valence-corrected chi connectivity index (χ4v) is 2.12. The van der Waals surface area contributed by atoms with Crippen molar-refractivity contribution in [3.05, 3.63) is 41.1 Å². The molecule has 0 bridgehead atoms. The molecule has 1 aromatic carbocycles. The normalized spacial score (nSPS) is 14.2. The molecule has 20 heavy (non-hydrogen) atoms. The lowest BCUT2D eigenvalue weighted by Crippen LogP contribution is -2.01. The zero-order valence-electron chi connectivity index (χ0n) is 10.9. The Morgan fingerprint density at radius 1 is 1.30 bits per heavy atom. The average Bonchev–Trinajstić information content (AvgIpc) is 3.24. The van der Waals surface area contributed by atoms with Crippen molar-refractivity contribution in [1.82, 2.24) is 9.97 Å². The molecule has 1 fully saturated rings. The lowest BCUT2D eigenvalue weighted by molar-refractivity contribution is 0.413. The first kappa shape index (κ1) is 13.1. The molecule has 0 unspecified atom stereocenters. The van der Waals surface area contributed by atoms with Crippen LogP contribution in [0.3, 0.4) is 0 Å². The number of anilines is 2. The van der Waals surface area contributed by atoms with Crippen LogP contribution in [0.4, 0.5) is 15.9 Å². The van der Waals surface area contributed by atoms with Crippen LogP contribution >= 0.6 is 11.6 Å². The third kappa shape index (κ3) is 2.82. The summed E-state index contributed by atoms with van der Waals surface area (Å²) in [5, 5.41) is 3.48. The van der Waals surface area contributed by atoms with Gasteiger partial charge in [0.2, 0.25) is 0 Å². The van der Waals surface area contributed by atoms with Crippen LogP contribution in [-0.4, -0.2) is 17.1 Å². The minimum Gasteiger partial charge on any atom is -0.494 e. The van der Waals surface area contributed by atoms with Crippen molar-refractivity contribution < 1.29 is 9.13 Å². The number of halogens is 2. The van der Waals surface area contributed by atoms with Gasteiger partial charge in [0.1, 0.15) is 28.4 Å². The van der Waals surface area contributed by atoms with Gasteiger partial charge in [-0.05, 0) is 25.0 Å². The van der Waals surface area contributed by atoms with Crippen LogP contribution in [0.15, 0.2) is 24.3 Å². The van der Waals surface area contributed by atoms with Crippen LogP contribution in [-0.2, 0) is 0 Å². The Balaban J connectivity index is 1.90. The van der Waals surface area contributed by atoms with E-state index in [1.807, 2.05) is 0 Å². The van der Waals surface area contributed by atoms with Gasteiger partial charge >= 0.3 is 0 Å². The Hall–Kier alpha value is -1.88. The highest BCUT2D eigenvalue weighted by Gasteiger charge is 2.27. The molecule has 2 aromatic rings. The standard InChI is InChI=1S/C14H13ClFN3O/c1-20-11-6-9(16)4-5-10(11)17-13-7-12(15)18-14(19-13)8-2-3-8/h4-8H,2-3H2,1H3,(H,17,18,19). The number of hydrogen-bond acceptors (Lipinski definition) is 4. The number of hydrogen-bond donors (Lipinski definition) is 1. The number of methoxy groups -OCH3 is 1. The third-order valence-electron chi connectivity index (χ3n) is 3.08. The van der Waals surface area contributed by atoms with Gasteiger partial charge in [0.25, 0.3) is 0 Å². The largest absolute Gasteiger partial charge is 0.494 e. The number of rotatable bonds is 4. The Kier molecular flexibility index (Phi) is 3.44. The highest BCUT2D eigenvalue weighted by Crippen LogP contribution is 2.39. The van der Waals surface area contributed by atoms with Crippen molar-refractivity contribution in [2.75, 3.05) is 12.4 Å². The lowest BCUT2D eigenvalue weighted by Gasteiger charge is -2.11. The van der Waals surface area contributed by atoms with E-state index in [2.05, 4.69) is 15.3 Å². The van der Waals surface area contributed by atoms with Crippen molar-refractivity contribution in [2.45, 2.75) is 18.8 Å². The van der Waals surface area contributed by atoms with Crippen molar-refractivity contribution in [1.29, 1.82) is 0 Å². The molecule has 6 heteroatoms. The topological polar surface area (TPSA) is 47.0 Å². The van der Waals surface area contributed by atoms with E-state index >= 15 is 0 Å². The summed E-state index contributed by atoms with van der Waals surface area (Å²) in [4.78, 5) is 8.65. The Bertz CT molecular complexity index is 646. The van der Waals surface area contributed by atoms with E-state index in [4.69, 9.17) is 16.3 Å². The molecule has 1 aliphatic rings. The monoisotopic (exact) mass is 293 g/mol. The molecule has 0 saturated heterocycles. The summed E-state index contributed by atoms with van der Waals surface area (Å²) in [7, 11) is 1.49. The van der Waals surface area contributed by atoms with Crippen LogP contribution in [0.5, 0.6) is 5.75 Å². The van der Waals surface area contributed by atoms with Gasteiger partial charge in [-0.25, -0.2) is 14.4 Å². The lowest BCUT2D eigenvalue weighted by atomic mass is 10.3. The molecule has 0 aliphatic heterocycles. The summed E-state index contributed by atoms with van der Waals surface area (Å²) in [6.07, 6.45) is 2.19. The Labute approximate surface area is 121 Å². The maximum absolute atomic E-state index is 13.2. The van der Waals surface area contributed by atoms with Gasteiger partial charge in [-0.15, -0.1) is 0 Å². The van der Waals surface area contributed by atoms with E-state index < -0.39 is 0 Å². The first-order valence-corrected chi connectivity index (χ1v) is 6.68. The minimum absolute atomic E-state index is 0.355. The SMILES string of the molecule is COc1cc(F)ccc1Nc1cc(Cl)nc(C2CC2)n1. The molecule has 1 heterocycles. The van der Waals surface area contributed by atoms with E-state index in [9.17, 15) is 4.39 Å². The Morgan fingerprint density at radius 3 is 2.80 bits per heavy atom. The van der Waals surface area contributed by atoms with E-state index in [0.29, 0.717) is 28.3 Å². The summed E-state index contributed by atoms with van der Waals surface area (Å²) >= 11 is 6.00. The molecule has 1 saturated carbocycles. The van der Waals surface area contributed by atoms with Crippen LogP contribution in [0.2, 0.25) is 5.15 Å². The molecular formula is C14H13ClFN3O. The zero-order chi connectivity index (χ0) is 14.1. The third-order valence-corrected chi connectivity index (χ3v) is 3.27. The van der Waals surface area contributed by atoms with Crippen LogP contribution in [0.1, 0.15) is 24.6 Å². The van der Waals surface area contributed by atoms with Gasteiger partial charge in [-0.3, -0.25) is 0 Å². The molecule has 0 radical (unpaired) electrons. The second-order valence-electron chi connectivity index (χ2n) is 4.68. The Morgan fingerprint density at radius 2 is 2.10 bits per heavy atom. The zero-order valence-corrected chi connectivity index (χ0v) is 11.6. The number of aromatic nitrogens is 2. The van der Waals surface area contributed by atoms with Gasteiger partial charge in [0.15, 0.2) is 0 Å². The van der Waals surface area contributed by atoms with Gasteiger partial charge in [-0.2, -0.15) is 0 Å². The van der Waals surface area contributed by atoms with Crippen molar-refractivity contribution in [3.8, 4) is 5.75 Å². The van der Waals surface area contributed by atoms with Crippen LogP contribution in [0, 0.1) is 5.82 Å². The van der Waals surface area contributed by atoms with Crippen molar-refractivity contribution >= 4 is 23.1 Å². The van der Waals surface area contributed by atoms with Gasteiger partial charge in [-0.1, -0.05) is 11.6 Å². The van der Waals surface area contributed by atoms with Gasteiger partial charge in [0, 0.05) is 18.1 Å². The number of benzene rings is 1. The predicted molar refractivity (Wildman–Crippen MR) is 75.3 cm³/mol. The predicted octanol–water partition coefficient (Wildman–Crippen LogP) is 3.90. The average molecular weight is 294 g/mol. The maximum Gasteiger partial charge on any atom is 0.145 e. The molecule has 104 valence electrons.